The van der Waals surface area contributed by atoms with Crippen LogP contribution in [-0.4, -0.2) is 52.1 Å². The normalized spacial score (nSPS) is 20.0. The zero-order valence-corrected chi connectivity index (χ0v) is 16.8. The highest BCUT2D eigenvalue weighted by Crippen LogP contribution is 2.35. The smallest absolute Gasteiger partial charge is 0.263 e. The number of carbonyl (C=O) groups excluding carboxylic acids is 1. The number of nitrogens with zero attached hydrogens (tertiary/aromatic N) is 5. The van der Waals surface area contributed by atoms with Crippen molar-refractivity contribution in [2.75, 3.05) is 31.1 Å². The van der Waals surface area contributed by atoms with Crippen molar-refractivity contribution in [2.45, 2.75) is 32.1 Å². The third-order valence-electron chi connectivity index (χ3n) is 6.11. The van der Waals surface area contributed by atoms with Crippen molar-refractivity contribution in [3.8, 4) is 11.3 Å². The van der Waals surface area contributed by atoms with E-state index in [-0.39, 0.29) is 17.6 Å². The molecule has 2 aliphatic rings. The van der Waals surface area contributed by atoms with Gasteiger partial charge in [-0.15, -0.1) is 0 Å². The number of amides is 1. The molecular formula is C22H24FN5O2. The van der Waals surface area contributed by atoms with Gasteiger partial charge in [-0.3, -0.25) is 4.79 Å². The number of likely N-dealkylation sites (tertiary alicyclic amines) is 1. The lowest BCUT2D eigenvalue weighted by molar-refractivity contribution is -0.136. The van der Waals surface area contributed by atoms with Gasteiger partial charge in [0.2, 0.25) is 5.91 Å². The van der Waals surface area contributed by atoms with E-state index in [0.717, 1.165) is 56.7 Å². The molecule has 1 aromatic carbocycles. The minimum Gasteiger partial charge on any atom is -0.355 e. The average Bonchev–Trinajstić information content (AvgIpc) is 3.24. The highest BCUT2D eigenvalue weighted by molar-refractivity contribution is 5.98. The first-order valence-electron chi connectivity index (χ1n) is 10.6. The lowest BCUT2D eigenvalue weighted by atomic mass is 9.95. The quantitative estimate of drug-likeness (QED) is 0.657. The van der Waals surface area contributed by atoms with Crippen LogP contribution < -0.4 is 4.90 Å². The Bertz CT molecular complexity index is 1050. The van der Waals surface area contributed by atoms with Gasteiger partial charge in [0.25, 0.3) is 5.71 Å². The van der Waals surface area contributed by atoms with Gasteiger partial charge < -0.3 is 14.3 Å². The Morgan fingerprint density at radius 2 is 1.83 bits per heavy atom. The second-order valence-corrected chi connectivity index (χ2v) is 8.09. The Morgan fingerprint density at radius 3 is 2.63 bits per heavy atom. The van der Waals surface area contributed by atoms with Gasteiger partial charge in [-0.05, 0) is 56.4 Å². The summed E-state index contributed by atoms with van der Waals surface area (Å²) in [5.74, 6) is 0.639. The predicted octanol–water partition coefficient (Wildman–Crippen LogP) is 3.65. The van der Waals surface area contributed by atoms with Crippen LogP contribution in [-0.2, 0) is 4.79 Å². The summed E-state index contributed by atoms with van der Waals surface area (Å²) >= 11 is 0. The zero-order valence-electron chi connectivity index (χ0n) is 16.8. The van der Waals surface area contributed by atoms with Crippen molar-refractivity contribution in [3.63, 3.8) is 0 Å². The summed E-state index contributed by atoms with van der Waals surface area (Å²) in [5, 5.41) is 4.88. The molecule has 8 heteroatoms. The first-order valence-corrected chi connectivity index (χ1v) is 10.6. The molecule has 1 unspecified atom stereocenters. The maximum atomic E-state index is 13.4. The Morgan fingerprint density at radius 1 is 1.03 bits per heavy atom. The number of piperidine rings is 2. The first kappa shape index (κ1) is 19.0. The van der Waals surface area contributed by atoms with Gasteiger partial charge in [-0.1, -0.05) is 5.16 Å². The molecule has 3 aromatic rings. The molecule has 156 valence electrons. The minimum absolute atomic E-state index is 0.0315. The van der Waals surface area contributed by atoms with Crippen LogP contribution in [0.4, 0.5) is 10.2 Å². The van der Waals surface area contributed by atoms with Crippen molar-refractivity contribution in [2.24, 2.45) is 5.92 Å². The van der Waals surface area contributed by atoms with E-state index in [9.17, 15) is 9.18 Å². The van der Waals surface area contributed by atoms with Crippen molar-refractivity contribution in [3.05, 3.63) is 36.4 Å². The summed E-state index contributed by atoms with van der Waals surface area (Å²) in [4.78, 5) is 26.0. The highest BCUT2D eigenvalue weighted by atomic mass is 19.1. The highest BCUT2D eigenvalue weighted by Gasteiger charge is 2.32. The largest absolute Gasteiger partial charge is 0.355 e. The standard InChI is InChI=1S/C22H24FN5O2/c23-17-8-6-15(7-9-17)19-18-20(24-14-25-21(18)30-26-19)28-12-4-5-16(13-28)22(29)27-10-2-1-3-11-27/h6-9,14,16H,1-5,10-13H2. The van der Waals surface area contributed by atoms with Crippen LogP contribution in [0.15, 0.2) is 35.1 Å². The molecule has 30 heavy (non-hydrogen) atoms. The van der Waals surface area contributed by atoms with E-state index in [1.807, 2.05) is 4.90 Å². The van der Waals surface area contributed by atoms with Gasteiger partial charge >= 0.3 is 0 Å². The molecule has 2 aromatic heterocycles. The molecule has 1 amide bonds. The SMILES string of the molecule is O=C(C1CCCN(c2ncnc3onc(-c4ccc(F)cc4)c23)C1)N1CCCCC1. The van der Waals surface area contributed by atoms with Crippen LogP contribution in [0.3, 0.4) is 0 Å². The summed E-state index contributed by atoms with van der Waals surface area (Å²) < 4.78 is 18.8. The molecule has 0 spiro atoms. The van der Waals surface area contributed by atoms with Crippen molar-refractivity contribution >= 4 is 22.8 Å². The van der Waals surface area contributed by atoms with Gasteiger partial charge in [0.15, 0.2) is 0 Å². The molecule has 2 fully saturated rings. The van der Waals surface area contributed by atoms with Gasteiger partial charge in [0.05, 0.1) is 5.92 Å². The first-order chi connectivity index (χ1) is 14.7. The van der Waals surface area contributed by atoms with Crippen molar-refractivity contribution < 1.29 is 13.7 Å². The van der Waals surface area contributed by atoms with Gasteiger partial charge in [0.1, 0.15) is 29.0 Å². The zero-order chi connectivity index (χ0) is 20.5. The molecule has 2 saturated heterocycles. The summed E-state index contributed by atoms with van der Waals surface area (Å²) in [6.45, 7) is 3.17. The van der Waals surface area contributed by atoms with Crippen LogP contribution >= 0.6 is 0 Å². The van der Waals surface area contributed by atoms with Crippen LogP contribution in [0.25, 0.3) is 22.4 Å². The number of carbonyl (C=O) groups is 1. The van der Waals surface area contributed by atoms with E-state index in [1.165, 1.54) is 24.9 Å². The molecule has 0 N–H and O–H groups in total. The van der Waals surface area contributed by atoms with E-state index >= 15 is 0 Å². The van der Waals surface area contributed by atoms with Crippen LogP contribution in [0.2, 0.25) is 0 Å². The van der Waals surface area contributed by atoms with Crippen molar-refractivity contribution in [1.29, 1.82) is 0 Å². The fourth-order valence-corrected chi connectivity index (χ4v) is 4.56. The summed E-state index contributed by atoms with van der Waals surface area (Å²) in [6, 6.07) is 6.13. The number of fused-ring (bicyclic) bond motifs is 1. The number of aromatic nitrogens is 3. The second-order valence-electron chi connectivity index (χ2n) is 8.09. The number of benzene rings is 1. The number of halogens is 1. The van der Waals surface area contributed by atoms with E-state index < -0.39 is 0 Å². The second kappa shape index (κ2) is 8.01. The van der Waals surface area contributed by atoms with Gasteiger partial charge in [0, 0.05) is 31.7 Å². The Labute approximate surface area is 173 Å². The number of anilines is 1. The van der Waals surface area contributed by atoms with Gasteiger partial charge in [-0.25, -0.2) is 9.37 Å². The molecule has 0 radical (unpaired) electrons. The van der Waals surface area contributed by atoms with Crippen LogP contribution in [0, 0.1) is 11.7 Å². The van der Waals surface area contributed by atoms with Gasteiger partial charge in [-0.2, -0.15) is 4.98 Å². The number of hydrogen-bond acceptors (Lipinski definition) is 6. The summed E-state index contributed by atoms with van der Waals surface area (Å²) in [6.07, 6.45) is 6.68. The molecular weight excluding hydrogens is 385 g/mol. The molecule has 4 heterocycles. The lowest BCUT2D eigenvalue weighted by Crippen LogP contribution is -2.46. The van der Waals surface area contributed by atoms with Crippen LogP contribution in [0.1, 0.15) is 32.1 Å². The Balaban J connectivity index is 1.46. The predicted molar refractivity (Wildman–Crippen MR) is 110 cm³/mol. The molecule has 0 saturated carbocycles. The van der Waals surface area contributed by atoms with E-state index in [2.05, 4.69) is 20.0 Å². The third kappa shape index (κ3) is 3.51. The summed E-state index contributed by atoms with van der Waals surface area (Å²) in [5.41, 5.74) is 1.72. The monoisotopic (exact) mass is 409 g/mol. The molecule has 7 nitrogen and oxygen atoms in total. The van der Waals surface area contributed by atoms with Crippen molar-refractivity contribution in [1.82, 2.24) is 20.0 Å². The lowest BCUT2D eigenvalue weighted by Gasteiger charge is -2.36. The maximum Gasteiger partial charge on any atom is 0.263 e. The molecule has 2 aliphatic heterocycles. The average molecular weight is 409 g/mol. The minimum atomic E-state index is -0.307. The number of hydrogen-bond donors (Lipinski definition) is 0. The van der Waals surface area contributed by atoms with Crippen LogP contribution in [0.5, 0.6) is 0 Å². The fraction of sp³-hybridized carbons (Fsp3) is 0.455. The maximum absolute atomic E-state index is 13.4. The Hall–Kier alpha value is -3.03. The van der Waals surface area contributed by atoms with E-state index in [1.54, 1.807) is 12.1 Å². The molecule has 5 rings (SSSR count). The molecule has 0 bridgehead atoms. The fourth-order valence-electron chi connectivity index (χ4n) is 4.56. The van der Waals surface area contributed by atoms with E-state index in [4.69, 9.17) is 4.52 Å². The topological polar surface area (TPSA) is 75.4 Å². The van der Waals surface area contributed by atoms with E-state index in [0.29, 0.717) is 23.3 Å². The number of rotatable bonds is 3. The Kier molecular flexibility index (Phi) is 5.06. The summed E-state index contributed by atoms with van der Waals surface area (Å²) in [7, 11) is 0. The molecule has 1 atom stereocenters. The third-order valence-corrected chi connectivity index (χ3v) is 6.11. The molecule has 0 aliphatic carbocycles.